The Morgan fingerprint density at radius 1 is 1.24 bits per heavy atom. The molecule has 1 heterocycles. The van der Waals surface area contributed by atoms with Crippen LogP contribution in [0.5, 0.6) is 5.75 Å². The third-order valence-corrected chi connectivity index (χ3v) is 4.61. The Morgan fingerprint density at radius 3 is 2.88 bits per heavy atom. The van der Waals surface area contributed by atoms with Crippen molar-refractivity contribution in [3.8, 4) is 5.75 Å². The average molecular weight is 360 g/mol. The maximum atomic E-state index is 12.8. The second-order valence-electron chi connectivity index (χ2n) is 6.16. The average Bonchev–Trinajstić information content (AvgIpc) is 2.66. The summed E-state index contributed by atoms with van der Waals surface area (Å²) in [5, 5.41) is 0.706. The summed E-state index contributed by atoms with van der Waals surface area (Å²) in [6, 6.07) is 15.0. The molecule has 4 nitrogen and oxygen atoms in total. The van der Waals surface area contributed by atoms with Crippen molar-refractivity contribution in [1.82, 2.24) is 4.90 Å². The van der Waals surface area contributed by atoms with E-state index in [1.165, 1.54) is 0 Å². The number of amides is 1. The fourth-order valence-electron chi connectivity index (χ4n) is 3.09. The lowest BCUT2D eigenvalue weighted by atomic mass is 10.1. The molecule has 2 aromatic rings. The second-order valence-corrected chi connectivity index (χ2v) is 6.59. The summed E-state index contributed by atoms with van der Waals surface area (Å²) < 4.78 is 11.3. The van der Waals surface area contributed by atoms with E-state index in [9.17, 15) is 4.79 Å². The molecule has 25 heavy (non-hydrogen) atoms. The van der Waals surface area contributed by atoms with Crippen molar-refractivity contribution in [2.75, 3.05) is 20.2 Å². The Morgan fingerprint density at radius 2 is 2.08 bits per heavy atom. The molecule has 0 aromatic heterocycles. The minimum atomic E-state index is -0.00601. The van der Waals surface area contributed by atoms with Crippen LogP contribution in [0.25, 0.3) is 0 Å². The van der Waals surface area contributed by atoms with Crippen LogP contribution in [0.3, 0.4) is 0 Å². The summed E-state index contributed by atoms with van der Waals surface area (Å²) in [5.74, 6) is 0.600. The lowest BCUT2D eigenvalue weighted by molar-refractivity contribution is -0.00680. The molecule has 0 N–H and O–H groups in total. The van der Waals surface area contributed by atoms with Crippen LogP contribution >= 0.6 is 11.6 Å². The van der Waals surface area contributed by atoms with Gasteiger partial charge in [0.15, 0.2) is 0 Å². The Kier molecular flexibility index (Phi) is 5.95. The number of ether oxygens (including phenoxy) is 2. The number of benzene rings is 2. The van der Waals surface area contributed by atoms with Gasteiger partial charge in [0.25, 0.3) is 5.91 Å². The monoisotopic (exact) mass is 359 g/mol. The topological polar surface area (TPSA) is 38.8 Å². The van der Waals surface area contributed by atoms with Crippen LogP contribution in [0.4, 0.5) is 0 Å². The number of halogens is 1. The molecular formula is C20H22ClNO3. The molecule has 0 saturated carbocycles. The number of nitrogens with zero attached hydrogens (tertiary/aromatic N) is 1. The predicted molar refractivity (Wildman–Crippen MR) is 98.2 cm³/mol. The Hall–Kier alpha value is -2.04. The van der Waals surface area contributed by atoms with Crippen LogP contribution in [0, 0.1) is 0 Å². The van der Waals surface area contributed by atoms with Gasteiger partial charge in [-0.1, -0.05) is 35.9 Å². The molecule has 2 aromatic carbocycles. The van der Waals surface area contributed by atoms with Crippen LogP contribution in [0.1, 0.15) is 28.8 Å². The molecule has 1 aliphatic heterocycles. The highest BCUT2D eigenvalue weighted by atomic mass is 35.5. The van der Waals surface area contributed by atoms with Crippen molar-refractivity contribution in [3.05, 3.63) is 64.7 Å². The van der Waals surface area contributed by atoms with E-state index in [0.717, 1.165) is 24.9 Å². The second kappa shape index (κ2) is 8.37. The number of hydrogen-bond acceptors (Lipinski definition) is 3. The van der Waals surface area contributed by atoms with E-state index in [1.54, 1.807) is 13.2 Å². The normalized spacial score (nSPS) is 17.4. The van der Waals surface area contributed by atoms with Gasteiger partial charge in [-0.05, 0) is 42.7 Å². The molecule has 1 amide bonds. The molecule has 132 valence electrons. The fraction of sp³-hybridized carbons (Fsp3) is 0.350. The van der Waals surface area contributed by atoms with Crippen molar-refractivity contribution in [2.45, 2.75) is 25.6 Å². The lowest BCUT2D eigenvalue weighted by Crippen LogP contribution is -2.43. The van der Waals surface area contributed by atoms with Gasteiger partial charge in [0.1, 0.15) is 5.75 Å². The van der Waals surface area contributed by atoms with Gasteiger partial charge < -0.3 is 14.4 Å². The van der Waals surface area contributed by atoms with E-state index in [1.807, 2.05) is 47.4 Å². The third-order valence-electron chi connectivity index (χ3n) is 4.38. The summed E-state index contributed by atoms with van der Waals surface area (Å²) in [6.45, 7) is 1.84. The summed E-state index contributed by atoms with van der Waals surface area (Å²) in [4.78, 5) is 14.7. The van der Waals surface area contributed by atoms with Crippen LogP contribution in [-0.4, -0.2) is 37.1 Å². The van der Waals surface area contributed by atoms with Gasteiger partial charge in [-0.15, -0.1) is 0 Å². The highest BCUT2D eigenvalue weighted by Gasteiger charge is 2.26. The first-order valence-corrected chi connectivity index (χ1v) is 8.83. The number of carbonyl (C=O) groups excluding carboxylic acids is 1. The zero-order valence-corrected chi connectivity index (χ0v) is 15.0. The van der Waals surface area contributed by atoms with E-state index in [4.69, 9.17) is 21.1 Å². The molecule has 0 spiro atoms. The zero-order valence-electron chi connectivity index (χ0n) is 14.3. The first kappa shape index (κ1) is 17.8. The van der Waals surface area contributed by atoms with Gasteiger partial charge in [0.2, 0.25) is 0 Å². The van der Waals surface area contributed by atoms with E-state index in [-0.39, 0.29) is 12.0 Å². The number of rotatable bonds is 5. The Labute approximate surface area is 153 Å². The van der Waals surface area contributed by atoms with E-state index in [0.29, 0.717) is 29.5 Å². The Bertz CT molecular complexity index is 734. The number of carbonyl (C=O) groups is 1. The predicted octanol–water partition coefficient (Wildman–Crippen LogP) is 4.17. The SMILES string of the molecule is COc1ccccc1C(=O)N1CCC[C@H](OCc2cccc(Cl)c2)C1. The highest BCUT2D eigenvalue weighted by Crippen LogP contribution is 2.23. The molecule has 0 aliphatic carbocycles. The van der Waals surface area contributed by atoms with Gasteiger partial charge in [0.05, 0.1) is 25.4 Å². The van der Waals surface area contributed by atoms with E-state index >= 15 is 0 Å². The van der Waals surface area contributed by atoms with Gasteiger partial charge >= 0.3 is 0 Å². The summed E-state index contributed by atoms with van der Waals surface area (Å²) in [7, 11) is 1.58. The molecule has 5 heteroatoms. The van der Waals surface area contributed by atoms with Crippen molar-refractivity contribution < 1.29 is 14.3 Å². The fourth-order valence-corrected chi connectivity index (χ4v) is 3.30. The molecule has 0 radical (unpaired) electrons. The number of likely N-dealkylation sites (tertiary alicyclic amines) is 1. The van der Waals surface area contributed by atoms with Crippen LogP contribution in [0.15, 0.2) is 48.5 Å². The summed E-state index contributed by atoms with van der Waals surface area (Å²) in [5.41, 5.74) is 1.64. The molecular weight excluding hydrogens is 338 g/mol. The molecule has 0 unspecified atom stereocenters. The van der Waals surface area contributed by atoms with Crippen LogP contribution < -0.4 is 4.74 Å². The van der Waals surface area contributed by atoms with Gasteiger partial charge in [0, 0.05) is 18.1 Å². The molecule has 1 fully saturated rings. The van der Waals surface area contributed by atoms with Crippen LogP contribution in [0.2, 0.25) is 5.02 Å². The first-order valence-electron chi connectivity index (χ1n) is 8.45. The van der Waals surface area contributed by atoms with E-state index < -0.39 is 0 Å². The standard InChI is InChI=1S/C20H22ClNO3/c1-24-19-10-3-2-9-18(19)20(23)22-11-5-8-17(13-22)25-14-15-6-4-7-16(21)12-15/h2-4,6-7,9-10,12,17H,5,8,11,13-14H2,1H3/t17-/m0/s1. The van der Waals surface area contributed by atoms with Crippen molar-refractivity contribution in [3.63, 3.8) is 0 Å². The smallest absolute Gasteiger partial charge is 0.257 e. The Balaban J connectivity index is 1.61. The molecule has 3 rings (SSSR count). The number of hydrogen-bond donors (Lipinski definition) is 0. The molecule has 1 saturated heterocycles. The largest absolute Gasteiger partial charge is 0.496 e. The minimum absolute atomic E-state index is 0.00601. The van der Waals surface area contributed by atoms with Crippen molar-refractivity contribution in [2.24, 2.45) is 0 Å². The van der Waals surface area contributed by atoms with Gasteiger partial charge in [-0.25, -0.2) is 0 Å². The number of para-hydroxylation sites is 1. The number of methoxy groups -OCH3 is 1. The van der Waals surface area contributed by atoms with Crippen molar-refractivity contribution >= 4 is 17.5 Å². The maximum absolute atomic E-state index is 12.8. The third kappa shape index (κ3) is 4.53. The highest BCUT2D eigenvalue weighted by molar-refractivity contribution is 6.30. The van der Waals surface area contributed by atoms with Gasteiger partial charge in [-0.3, -0.25) is 4.79 Å². The molecule has 1 atom stereocenters. The minimum Gasteiger partial charge on any atom is -0.496 e. The zero-order chi connectivity index (χ0) is 17.6. The molecule has 0 bridgehead atoms. The van der Waals surface area contributed by atoms with Gasteiger partial charge in [-0.2, -0.15) is 0 Å². The summed E-state index contributed by atoms with van der Waals surface area (Å²) >= 11 is 6.01. The van der Waals surface area contributed by atoms with Crippen molar-refractivity contribution in [1.29, 1.82) is 0 Å². The first-order chi connectivity index (χ1) is 12.2. The lowest BCUT2D eigenvalue weighted by Gasteiger charge is -2.33. The number of piperidine rings is 1. The maximum Gasteiger partial charge on any atom is 0.257 e. The van der Waals surface area contributed by atoms with Crippen LogP contribution in [-0.2, 0) is 11.3 Å². The molecule has 1 aliphatic rings. The summed E-state index contributed by atoms with van der Waals surface area (Å²) in [6.07, 6.45) is 1.92. The van der Waals surface area contributed by atoms with E-state index in [2.05, 4.69) is 0 Å². The quantitative estimate of drug-likeness (QED) is 0.804.